The lowest BCUT2D eigenvalue weighted by Gasteiger charge is -2.16. The minimum absolute atomic E-state index is 0.0711. The second kappa shape index (κ2) is 38.8. The van der Waals surface area contributed by atoms with Crippen LogP contribution in [0, 0.1) is 143 Å². The Labute approximate surface area is 756 Å². The van der Waals surface area contributed by atoms with E-state index in [0.717, 1.165) is 113 Å². The zero-order valence-corrected chi connectivity index (χ0v) is 73.1. The van der Waals surface area contributed by atoms with Crippen molar-refractivity contribution in [2.75, 3.05) is 0 Å². The monoisotopic (exact) mass is 1880 g/mol. The fraction of sp³-hybridized carbons (Fsp3) is 0.146. The zero-order chi connectivity index (χ0) is 98.4. The maximum absolute atomic E-state index is 14.7. The van der Waals surface area contributed by atoms with Gasteiger partial charge in [0.2, 0.25) is 51.4 Å². The molecule has 0 aliphatic heterocycles. The molecule has 0 aliphatic rings. The number of alkyl halides is 9. The molecule has 135 heavy (non-hydrogen) atoms. The smallest absolute Gasteiger partial charge is 0.234 e. The van der Waals surface area contributed by atoms with Crippen LogP contribution in [0.5, 0.6) is 0 Å². The first-order chi connectivity index (χ1) is 63.5. The highest BCUT2D eigenvalue weighted by molar-refractivity contribution is 5.85. The maximum atomic E-state index is 14.7. The number of halogens is 24. The highest BCUT2D eigenvalue weighted by Crippen LogP contribution is 2.44. The first-order valence-electron chi connectivity index (χ1n) is 40.7. The average Bonchev–Trinajstić information content (AvgIpc) is 0.770. The first-order valence-corrected chi connectivity index (χ1v) is 40.7. The van der Waals surface area contributed by atoms with E-state index in [1.54, 1.807) is 74.3 Å². The molecule has 0 bridgehead atoms. The fourth-order valence-electron chi connectivity index (χ4n) is 15.4. The molecule has 16 aromatic rings. The summed E-state index contributed by atoms with van der Waals surface area (Å²) in [7, 11) is 6.69. The summed E-state index contributed by atoms with van der Waals surface area (Å²) in [5, 5.41) is 0. The molecule has 8 nitrogen and oxygen atoms in total. The van der Waals surface area contributed by atoms with Crippen LogP contribution in [0.2, 0.25) is 0 Å². The number of nitrogens with zero attached hydrogens (tertiary/aromatic N) is 8. The fourth-order valence-corrected chi connectivity index (χ4v) is 15.4. The van der Waals surface area contributed by atoms with Gasteiger partial charge in [-0.3, -0.25) is 0 Å². The van der Waals surface area contributed by atoms with Gasteiger partial charge in [-0.1, -0.05) is 24.3 Å². The summed E-state index contributed by atoms with van der Waals surface area (Å²) in [6, 6.07) is 47.8. The number of benzene rings is 12. The molecule has 16 rings (SSSR count). The van der Waals surface area contributed by atoms with Gasteiger partial charge in [-0.05, 0) is 244 Å². The molecule has 0 amide bonds. The van der Waals surface area contributed by atoms with Crippen LogP contribution in [-0.4, -0.2) is 19.9 Å². The van der Waals surface area contributed by atoms with Gasteiger partial charge in [-0.15, -0.1) is 0 Å². The molecule has 4 aromatic heterocycles. The van der Waals surface area contributed by atoms with Crippen LogP contribution in [0.4, 0.5) is 105 Å². The Hall–Kier alpha value is -14.7. The summed E-state index contributed by atoms with van der Waals surface area (Å²) in [4.78, 5) is 18.5. The Morgan fingerprint density at radius 1 is 0.207 bits per heavy atom. The van der Waals surface area contributed by atoms with Gasteiger partial charge in [0.25, 0.3) is 0 Å². The van der Waals surface area contributed by atoms with Crippen LogP contribution >= 0.6 is 0 Å². The summed E-state index contributed by atoms with van der Waals surface area (Å²) in [6.45, 7) is 13.2. The van der Waals surface area contributed by atoms with E-state index in [4.69, 9.17) is 4.98 Å². The van der Waals surface area contributed by atoms with Crippen molar-refractivity contribution in [3.8, 4) is 135 Å². The van der Waals surface area contributed by atoms with Crippen LogP contribution in [0.25, 0.3) is 135 Å². The number of aryl methyl sites for hydroxylation is 3. The van der Waals surface area contributed by atoms with Crippen molar-refractivity contribution >= 4 is 0 Å². The number of rotatable bonds is 12. The standard InChI is InChI=1S/C28H20F9N2.C25H16F7N2.C25H18F5N2.C25H20F3N2/c1-15-14-21(28(35,36)37)12-13-22(15)25-24(18-6-10-20(11-7-18)27(32,33)34)38-23(16(2)39(25)3)17-4-8-19(9-5-17)26(29,30)31;1-11-10-15(27)8-9-16(11)25-24(13-4-6-14(26)7-5-13)33-23(12(2)34(25)3)17-18(28)20(30)22(32)21(31)19(17)29;1-13-21(11-20(29)12-22(13)30)25-24(16-8-18(27)10-19(28)9-16)31-23(14(2)32(25)3)15-4-6-17(26)7-5-15;1-15-14-21(28)12-13-22(15)25-24(18-6-10-20(27)11-7-18)29-23(16(2)30(25)3)17-4-8-19(26)9-5-17/h4-14H,1-3H3;4-10H,1-3H3;4-12H,1-3H3;4-14H,1-3H3/q4*+1. The molecule has 0 fully saturated rings. The number of aromatic nitrogens is 8. The highest BCUT2D eigenvalue weighted by Gasteiger charge is 2.39. The van der Waals surface area contributed by atoms with E-state index in [1.165, 1.54) is 154 Å². The lowest BCUT2D eigenvalue weighted by molar-refractivity contribution is -0.666. The average molecular weight is 1880 g/mol. The van der Waals surface area contributed by atoms with E-state index in [-0.39, 0.29) is 79.4 Å². The lowest BCUT2D eigenvalue weighted by Crippen LogP contribution is -2.37. The van der Waals surface area contributed by atoms with Crippen LogP contribution < -0.4 is 18.3 Å². The molecular weight excluding hydrogens is 1810 g/mol. The maximum Gasteiger partial charge on any atom is 0.416 e. The predicted octanol–water partition coefficient (Wildman–Crippen LogP) is 27.2. The largest absolute Gasteiger partial charge is 0.416 e. The van der Waals surface area contributed by atoms with Crippen molar-refractivity contribution in [1.29, 1.82) is 0 Å². The Morgan fingerprint density at radius 2 is 0.452 bits per heavy atom. The quantitative estimate of drug-likeness (QED) is 0.0529. The summed E-state index contributed by atoms with van der Waals surface area (Å²) >= 11 is 0. The van der Waals surface area contributed by atoms with Crippen molar-refractivity contribution in [2.45, 2.75) is 73.9 Å². The van der Waals surface area contributed by atoms with Crippen molar-refractivity contribution < 1.29 is 124 Å². The molecule has 0 N–H and O–H groups in total. The molecule has 12 aromatic carbocycles. The molecule has 0 unspecified atom stereocenters. The summed E-state index contributed by atoms with van der Waals surface area (Å²) in [5.74, 6) is -16.1. The van der Waals surface area contributed by atoms with Crippen molar-refractivity contribution in [3.05, 3.63) is 380 Å². The van der Waals surface area contributed by atoms with Gasteiger partial charge in [0.05, 0.1) is 44.5 Å². The summed E-state index contributed by atoms with van der Waals surface area (Å²) in [6.07, 6.45) is -13.7. The molecular formula is C103H74F24N8+4. The van der Waals surface area contributed by atoms with Crippen LogP contribution in [0.3, 0.4) is 0 Å². The number of hydrogen-bond donors (Lipinski definition) is 0. The van der Waals surface area contributed by atoms with Gasteiger partial charge in [-0.25, -0.2) is 85.8 Å². The molecule has 32 heteroatoms. The molecule has 0 radical (unpaired) electrons. The molecule has 690 valence electrons. The van der Waals surface area contributed by atoms with Gasteiger partial charge < -0.3 is 0 Å². The van der Waals surface area contributed by atoms with Gasteiger partial charge in [0.1, 0.15) is 132 Å². The second-order valence-electron chi connectivity index (χ2n) is 31.5. The predicted molar refractivity (Wildman–Crippen MR) is 459 cm³/mol. The molecule has 0 spiro atoms. The molecule has 0 aliphatic carbocycles. The molecule has 0 atom stereocenters. The van der Waals surface area contributed by atoms with E-state index in [2.05, 4.69) is 15.0 Å². The molecule has 0 saturated carbocycles. The van der Waals surface area contributed by atoms with E-state index in [0.29, 0.717) is 73.2 Å². The van der Waals surface area contributed by atoms with Gasteiger partial charge in [-0.2, -0.15) is 57.8 Å². The summed E-state index contributed by atoms with van der Waals surface area (Å²) < 4.78 is 334. The van der Waals surface area contributed by atoms with E-state index in [1.807, 2.05) is 25.5 Å². The van der Waals surface area contributed by atoms with E-state index < -0.39 is 116 Å². The van der Waals surface area contributed by atoms with E-state index >= 15 is 0 Å². The minimum atomic E-state index is -4.60. The van der Waals surface area contributed by atoms with Gasteiger partial charge in [0, 0.05) is 78.8 Å². The van der Waals surface area contributed by atoms with Crippen LogP contribution in [0.1, 0.15) is 61.7 Å². The topological polar surface area (TPSA) is 67.1 Å². The zero-order valence-electron chi connectivity index (χ0n) is 73.1. The van der Waals surface area contributed by atoms with E-state index in [9.17, 15) is 105 Å². The normalized spacial score (nSPS) is 11.6. The Balaban J connectivity index is 0.000000153. The lowest BCUT2D eigenvalue weighted by atomic mass is 9.96. The van der Waals surface area contributed by atoms with Gasteiger partial charge >= 0.3 is 18.5 Å². The Kier molecular flexibility index (Phi) is 28.1. The van der Waals surface area contributed by atoms with Crippen molar-refractivity contribution in [2.24, 2.45) is 28.2 Å². The third-order valence-electron chi connectivity index (χ3n) is 22.8. The Morgan fingerprint density at radius 3 is 0.763 bits per heavy atom. The summed E-state index contributed by atoms with van der Waals surface area (Å²) in [5.41, 5.74) is 8.48. The first kappa shape index (κ1) is 97.8. The van der Waals surface area contributed by atoms with Crippen molar-refractivity contribution in [1.82, 2.24) is 19.9 Å². The highest BCUT2D eigenvalue weighted by atomic mass is 19.4. The third-order valence-corrected chi connectivity index (χ3v) is 22.8. The Bertz CT molecular complexity index is 7220. The van der Waals surface area contributed by atoms with Crippen LogP contribution in [0.15, 0.2) is 231 Å². The number of hydrogen-bond acceptors (Lipinski definition) is 4. The minimum Gasteiger partial charge on any atom is -0.234 e. The molecule has 0 saturated heterocycles. The van der Waals surface area contributed by atoms with Crippen LogP contribution in [-0.2, 0) is 46.7 Å². The SMILES string of the molecule is Cc1c(F)cc(F)cc1-c1c(-c2cc(F)cc(F)c2)nc(-c2ccc(F)cc2)c(C)[n+]1C.Cc1cc(C(F)(F)F)ccc1-c1c(-c2ccc(C(F)(F)F)cc2)nc(-c2ccc(C(F)(F)F)cc2)c(C)[n+]1C.Cc1cc(F)ccc1-c1c(-c2ccc(F)cc2)nc(-c2c(F)c(F)c(F)c(F)c2F)c(C)[n+]1C.Cc1cc(F)ccc1-c1c(-c2ccc(F)cc2)nc(-c2ccc(F)cc2)c(C)[n+]1C. The van der Waals surface area contributed by atoms with Gasteiger partial charge in [0.15, 0.2) is 23.3 Å². The van der Waals surface area contributed by atoms with Crippen molar-refractivity contribution in [3.63, 3.8) is 0 Å². The molecule has 4 heterocycles. The second-order valence-corrected chi connectivity index (χ2v) is 31.5. The third kappa shape index (κ3) is 20.6.